The summed E-state index contributed by atoms with van der Waals surface area (Å²) in [5.74, 6) is -6.63. The Bertz CT molecular complexity index is 1320. The Hall–Kier alpha value is -3.83. The number of fused-ring (bicyclic) bond motifs is 1. The third-order valence-electron chi connectivity index (χ3n) is 8.32. The number of aliphatic hydroxyl groups is 2. The first-order valence-corrected chi connectivity index (χ1v) is 14.5. The molecule has 0 spiro atoms. The molecule has 0 unspecified atom stereocenters. The maximum Gasteiger partial charge on any atom is 0.338 e. The van der Waals surface area contributed by atoms with Crippen LogP contribution in [0.4, 0.5) is 0 Å². The molecule has 0 saturated heterocycles. The molecule has 11 nitrogen and oxygen atoms in total. The summed E-state index contributed by atoms with van der Waals surface area (Å²) in [7, 11) is 0. The van der Waals surface area contributed by atoms with Crippen molar-refractivity contribution in [3.8, 4) is 0 Å². The van der Waals surface area contributed by atoms with Crippen LogP contribution in [0, 0.1) is 23.2 Å². The van der Waals surface area contributed by atoms with Gasteiger partial charge in [0.25, 0.3) is 0 Å². The molecule has 240 valence electrons. The minimum atomic E-state index is -2.04. The Morgan fingerprint density at radius 1 is 0.864 bits per heavy atom. The largest absolute Gasteiger partial charge is 0.458 e. The smallest absolute Gasteiger partial charge is 0.338 e. The van der Waals surface area contributed by atoms with Crippen molar-refractivity contribution in [1.82, 2.24) is 0 Å². The van der Waals surface area contributed by atoms with Gasteiger partial charge in [-0.25, -0.2) is 4.79 Å². The minimum Gasteiger partial charge on any atom is -0.458 e. The van der Waals surface area contributed by atoms with Crippen LogP contribution in [-0.2, 0) is 38.1 Å². The molecule has 0 aliphatic heterocycles. The maximum absolute atomic E-state index is 13.9. The van der Waals surface area contributed by atoms with Crippen LogP contribution >= 0.6 is 0 Å². The number of rotatable bonds is 5. The number of esters is 4. The predicted molar refractivity (Wildman–Crippen MR) is 157 cm³/mol. The summed E-state index contributed by atoms with van der Waals surface area (Å²) in [4.78, 5) is 64.4. The molecular weight excluding hydrogens is 572 g/mol. The van der Waals surface area contributed by atoms with Gasteiger partial charge in [0.2, 0.25) is 6.10 Å². The molecule has 2 aliphatic rings. The van der Waals surface area contributed by atoms with Crippen molar-refractivity contribution in [2.24, 2.45) is 23.2 Å². The summed E-state index contributed by atoms with van der Waals surface area (Å²) in [6, 6.07) is 8.13. The van der Waals surface area contributed by atoms with Gasteiger partial charge in [-0.2, -0.15) is 0 Å². The second kappa shape index (κ2) is 13.4. The molecule has 2 aliphatic carbocycles. The predicted octanol–water partition coefficient (Wildman–Crippen LogP) is 3.11. The van der Waals surface area contributed by atoms with Crippen molar-refractivity contribution in [1.29, 1.82) is 0 Å². The number of hydrogen-bond acceptors (Lipinski definition) is 11. The number of allylic oxidation sites excluding steroid dienone is 1. The van der Waals surface area contributed by atoms with E-state index in [1.54, 1.807) is 64.1 Å². The van der Waals surface area contributed by atoms with E-state index in [9.17, 15) is 34.2 Å². The van der Waals surface area contributed by atoms with Gasteiger partial charge in [0, 0.05) is 37.7 Å². The zero-order valence-electron chi connectivity index (χ0n) is 26.1. The summed E-state index contributed by atoms with van der Waals surface area (Å²) in [5, 5.41) is 24.0. The molecule has 9 atom stereocenters. The van der Waals surface area contributed by atoms with Gasteiger partial charge in [0.1, 0.15) is 17.8 Å². The molecule has 44 heavy (non-hydrogen) atoms. The van der Waals surface area contributed by atoms with Crippen molar-refractivity contribution in [2.45, 2.75) is 91.0 Å². The third kappa shape index (κ3) is 7.27. The molecule has 1 fully saturated rings. The average Bonchev–Trinajstić information content (AvgIpc) is 3.20. The van der Waals surface area contributed by atoms with Gasteiger partial charge >= 0.3 is 23.9 Å². The van der Waals surface area contributed by atoms with Crippen molar-refractivity contribution >= 4 is 29.7 Å². The van der Waals surface area contributed by atoms with E-state index in [-0.39, 0.29) is 17.6 Å². The first kappa shape index (κ1) is 34.7. The summed E-state index contributed by atoms with van der Waals surface area (Å²) in [6.45, 7) is 13.8. The lowest BCUT2D eigenvalue weighted by Crippen LogP contribution is -2.58. The number of Topliss-reactive ketones (excluding diaryl/α,β-unsaturated/α-hetero) is 1. The molecule has 2 N–H and O–H groups in total. The normalized spacial score (nSPS) is 33.7. The molecule has 0 bridgehead atoms. The molecule has 1 saturated carbocycles. The minimum absolute atomic E-state index is 0.0806. The zero-order valence-corrected chi connectivity index (χ0v) is 26.1. The highest BCUT2D eigenvalue weighted by Gasteiger charge is 2.62. The number of ether oxygens (including phenoxy) is 4. The van der Waals surface area contributed by atoms with Gasteiger partial charge < -0.3 is 29.2 Å². The Balaban J connectivity index is 2.31. The third-order valence-corrected chi connectivity index (χ3v) is 8.32. The summed E-state index contributed by atoms with van der Waals surface area (Å²) >= 11 is 0. The topological polar surface area (TPSA) is 163 Å². The van der Waals surface area contributed by atoms with Crippen molar-refractivity contribution in [3.05, 3.63) is 60.2 Å². The quantitative estimate of drug-likeness (QED) is 0.285. The zero-order chi connectivity index (χ0) is 33.1. The van der Waals surface area contributed by atoms with Gasteiger partial charge in [0.05, 0.1) is 17.6 Å². The van der Waals surface area contributed by atoms with Gasteiger partial charge in [-0.15, -0.1) is 0 Å². The highest BCUT2D eigenvalue weighted by atomic mass is 16.6. The number of carbonyl (C=O) groups excluding carboxylic acids is 5. The molecule has 0 radical (unpaired) electrons. The second-order valence-corrected chi connectivity index (χ2v) is 12.3. The van der Waals surface area contributed by atoms with Crippen LogP contribution in [0.2, 0.25) is 0 Å². The molecule has 0 aromatic heterocycles. The Kier molecular flexibility index (Phi) is 10.6. The molecule has 11 heteroatoms. The fourth-order valence-electron chi connectivity index (χ4n) is 6.18. The standard InChI is InChI=1S/C33H42O11/c1-17-14-15-32(7,8)30(38)28(43-22(6)36)27(42-21(5)35)19(3)26(41-20(4)34)24-25(18(2)16-33(24,40)29(17)37)44-31(39)23-12-10-9-11-13-23/h9-15,17-18,24-29,37,40H,3,16H2,1-2,4-8H3/t17-,18+,24-,25+,26+,27+,28-,29-,33-/m1/s1. The Morgan fingerprint density at radius 2 is 1.39 bits per heavy atom. The Morgan fingerprint density at radius 3 is 1.93 bits per heavy atom. The summed E-state index contributed by atoms with van der Waals surface area (Å²) in [5.41, 5.74) is -3.35. The van der Waals surface area contributed by atoms with Crippen LogP contribution in [0.3, 0.4) is 0 Å². The number of carbonyl (C=O) groups is 5. The monoisotopic (exact) mass is 614 g/mol. The van der Waals surface area contributed by atoms with Gasteiger partial charge in [-0.3, -0.25) is 19.2 Å². The average molecular weight is 615 g/mol. The van der Waals surface area contributed by atoms with E-state index >= 15 is 0 Å². The van der Waals surface area contributed by atoms with E-state index in [4.69, 9.17) is 18.9 Å². The van der Waals surface area contributed by atoms with Crippen molar-refractivity contribution in [2.75, 3.05) is 0 Å². The van der Waals surface area contributed by atoms with Crippen LogP contribution in [0.1, 0.15) is 65.2 Å². The number of hydrogen-bond donors (Lipinski definition) is 2. The first-order valence-electron chi connectivity index (χ1n) is 14.5. The molecule has 1 aromatic rings. The fraction of sp³-hybridized carbons (Fsp3) is 0.545. The lowest BCUT2D eigenvalue weighted by Gasteiger charge is -2.44. The van der Waals surface area contributed by atoms with E-state index in [0.29, 0.717) is 0 Å². The van der Waals surface area contributed by atoms with E-state index < -0.39 is 89.0 Å². The van der Waals surface area contributed by atoms with E-state index in [0.717, 1.165) is 20.8 Å². The van der Waals surface area contributed by atoms with Gasteiger partial charge in [0.15, 0.2) is 11.9 Å². The van der Waals surface area contributed by atoms with Gasteiger partial charge in [-0.1, -0.05) is 50.8 Å². The number of aliphatic hydroxyl groups excluding tert-OH is 1. The lowest BCUT2D eigenvalue weighted by molar-refractivity contribution is -0.179. The first-order chi connectivity index (χ1) is 20.4. The van der Waals surface area contributed by atoms with Crippen LogP contribution in [0.5, 0.6) is 0 Å². The Labute approximate surface area is 257 Å². The molecule has 0 heterocycles. The fourth-order valence-corrected chi connectivity index (χ4v) is 6.18. The highest BCUT2D eigenvalue weighted by molar-refractivity contribution is 5.93. The van der Waals surface area contributed by atoms with Crippen LogP contribution < -0.4 is 0 Å². The number of benzene rings is 1. The molecular formula is C33H42O11. The molecule has 1 aromatic carbocycles. The van der Waals surface area contributed by atoms with Crippen molar-refractivity contribution < 1.29 is 53.1 Å². The maximum atomic E-state index is 13.9. The van der Waals surface area contributed by atoms with Gasteiger partial charge in [-0.05, 0) is 38.3 Å². The number of ketones is 1. The molecule has 3 rings (SSSR count). The van der Waals surface area contributed by atoms with E-state index in [1.807, 2.05) is 0 Å². The summed E-state index contributed by atoms with van der Waals surface area (Å²) < 4.78 is 22.7. The molecule has 0 amide bonds. The highest BCUT2D eigenvalue weighted by Crippen LogP contribution is 2.50. The van der Waals surface area contributed by atoms with Crippen LogP contribution in [0.15, 0.2) is 54.6 Å². The lowest BCUT2D eigenvalue weighted by atomic mass is 9.72. The van der Waals surface area contributed by atoms with Crippen molar-refractivity contribution in [3.63, 3.8) is 0 Å². The summed E-state index contributed by atoms with van der Waals surface area (Å²) in [6.07, 6.45) is -4.66. The van der Waals surface area contributed by atoms with E-state index in [2.05, 4.69) is 6.58 Å². The van der Waals surface area contributed by atoms with E-state index in [1.165, 1.54) is 6.08 Å². The van der Waals surface area contributed by atoms with Crippen LogP contribution in [0.25, 0.3) is 0 Å². The second-order valence-electron chi connectivity index (χ2n) is 12.3. The SMILES string of the molecule is C=C1[C@H](OC(C)=O)[C@H]2[C@@H](OC(=O)c3ccccc3)[C@@H](C)C[C@]2(O)[C@H](O)[C@H](C)C=CC(C)(C)C(=O)[C@H](OC(C)=O)[C@H]1OC(C)=O. The van der Waals surface area contributed by atoms with Crippen LogP contribution in [-0.4, -0.2) is 76.0 Å².